The van der Waals surface area contributed by atoms with Crippen molar-refractivity contribution in [3.63, 3.8) is 0 Å². The van der Waals surface area contributed by atoms with Gasteiger partial charge in [0.25, 0.3) is 0 Å². The second kappa shape index (κ2) is 6.81. The molecular weight excluding hydrogens is 259 g/mol. The first-order valence-corrected chi connectivity index (χ1v) is 6.38. The molecule has 1 heterocycles. The van der Waals surface area contributed by atoms with E-state index in [0.29, 0.717) is 6.54 Å². The van der Waals surface area contributed by atoms with Gasteiger partial charge >= 0.3 is 0 Å². The predicted molar refractivity (Wildman–Crippen MR) is 74.8 cm³/mol. The number of nitrogens with one attached hydrogen (secondary N) is 2. The van der Waals surface area contributed by atoms with E-state index in [4.69, 9.17) is 0 Å². The molecule has 0 aliphatic heterocycles. The van der Waals surface area contributed by atoms with Crippen molar-refractivity contribution in [3.8, 4) is 0 Å². The van der Waals surface area contributed by atoms with Crippen molar-refractivity contribution in [3.05, 3.63) is 48.0 Å². The fraction of sp³-hybridized carbons (Fsp3) is 0.286. The first kappa shape index (κ1) is 14.2. The fourth-order valence-corrected chi connectivity index (χ4v) is 1.79. The molecule has 0 aliphatic carbocycles. The molecule has 1 amide bonds. The molecule has 0 atom stereocenters. The Morgan fingerprint density at radius 1 is 1.40 bits per heavy atom. The third kappa shape index (κ3) is 4.17. The zero-order valence-electron chi connectivity index (χ0n) is 11.3. The molecule has 0 fully saturated rings. The summed E-state index contributed by atoms with van der Waals surface area (Å²) >= 11 is 0. The number of benzene rings is 1. The van der Waals surface area contributed by atoms with Gasteiger partial charge in [-0.15, -0.1) is 0 Å². The van der Waals surface area contributed by atoms with Gasteiger partial charge in [0, 0.05) is 13.2 Å². The highest BCUT2D eigenvalue weighted by Gasteiger charge is 2.05. The molecular formula is C14H17FN4O. The fourth-order valence-electron chi connectivity index (χ4n) is 1.79. The number of hydrogen-bond acceptors (Lipinski definition) is 3. The zero-order valence-corrected chi connectivity index (χ0v) is 11.3. The highest BCUT2D eigenvalue weighted by atomic mass is 19.1. The summed E-state index contributed by atoms with van der Waals surface area (Å²) in [6.07, 6.45) is 4.52. The highest BCUT2D eigenvalue weighted by molar-refractivity contribution is 5.92. The van der Waals surface area contributed by atoms with Gasteiger partial charge in [0.05, 0.1) is 18.4 Å². The molecule has 0 radical (unpaired) electrons. The van der Waals surface area contributed by atoms with Gasteiger partial charge in [0.2, 0.25) is 5.91 Å². The van der Waals surface area contributed by atoms with Crippen molar-refractivity contribution in [1.82, 2.24) is 15.1 Å². The number of carbonyl (C=O) groups excluding carboxylic acids is 1. The van der Waals surface area contributed by atoms with Crippen LogP contribution in [0.15, 0.2) is 36.7 Å². The Balaban J connectivity index is 1.69. The number of aryl methyl sites for hydroxylation is 1. The lowest BCUT2D eigenvalue weighted by atomic mass is 10.2. The molecule has 20 heavy (non-hydrogen) atoms. The minimum atomic E-state index is -0.434. The van der Waals surface area contributed by atoms with E-state index in [1.165, 1.54) is 12.1 Å². The van der Waals surface area contributed by atoms with E-state index >= 15 is 0 Å². The van der Waals surface area contributed by atoms with Crippen LogP contribution in [0.5, 0.6) is 0 Å². The maximum Gasteiger partial charge on any atom is 0.238 e. The molecule has 2 aromatic rings. The Bertz CT molecular complexity index is 582. The molecule has 1 aromatic heterocycles. The van der Waals surface area contributed by atoms with Crippen molar-refractivity contribution < 1.29 is 9.18 Å². The average molecular weight is 276 g/mol. The minimum Gasteiger partial charge on any atom is -0.322 e. The molecule has 0 bridgehead atoms. The van der Waals surface area contributed by atoms with Crippen LogP contribution in [-0.2, 0) is 18.3 Å². The zero-order chi connectivity index (χ0) is 14.4. The van der Waals surface area contributed by atoms with Crippen molar-refractivity contribution in [2.75, 3.05) is 18.4 Å². The van der Waals surface area contributed by atoms with E-state index < -0.39 is 5.82 Å². The van der Waals surface area contributed by atoms with E-state index in [0.717, 1.165) is 12.0 Å². The van der Waals surface area contributed by atoms with Crippen LogP contribution in [0.25, 0.3) is 0 Å². The number of carbonyl (C=O) groups is 1. The van der Waals surface area contributed by atoms with Gasteiger partial charge < -0.3 is 10.6 Å². The summed E-state index contributed by atoms with van der Waals surface area (Å²) in [6, 6.07) is 6.10. The van der Waals surface area contributed by atoms with E-state index in [9.17, 15) is 9.18 Å². The lowest BCUT2D eigenvalue weighted by molar-refractivity contribution is -0.115. The Kier molecular flexibility index (Phi) is 4.84. The molecule has 6 heteroatoms. The van der Waals surface area contributed by atoms with Crippen molar-refractivity contribution in [1.29, 1.82) is 0 Å². The van der Waals surface area contributed by atoms with Crippen LogP contribution < -0.4 is 10.6 Å². The Labute approximate surface area is 116 Å². The normalized spacial score (nSPS) is 10.5. The Hall–Kier alpha value is -2.21. The molecule has 0 saturated heterocycles. The summed E-state index contributed by atoms with van der Waals surface area (Å²) in [4.78, 5) is 11.6. The van der Waals surface area contributed by atoms with Gasteiger partial charge in [-0.05, 0) is 30.7 Å². The minimum absolute atomic E-state index is 0.147. The number of aromatic nitrogens is 2. The van der Waals surface area contributed by atoms with E-state index in [1.807, 2.05) is 13.2 Å². The predicted octanol–water partition coefficient (Wildman–Crippen LogP) is 1.33. The van der Waals surface area contributed by atoms with Crippen LogP contribution in [0.4, 0.5) is 10.1 Å². The topological polar surface area (TPSA) is 59.0 Å². The molecule has 5 nitrogen and oxygen atoms in total. The maximum atomic E-state index is 13.3. The van der Waals surface area contributed by atoms with Crippen molar-refractivity contribution in [2.24, 2.45) is 7.05 Å². The third-order valence-electron chi connectivity index (χ3n) is 2.78. The standard InChI is InChI=1S/C14H17FN4O/c1-19-10-11(8-17-19)6-7-16-9-14(20)18-13-5-3-2-4-12(13)15/h2-5,8,10,16H,6-7,9H2,1H3,(H,18,20). The number of halogens is 1. The number of nitrogens with zero attached hydrogens (tertiary/aromatic N) is 2. The molecule has 0 unspecified atom stereocenters. The van der Waals surface area contributed by atoms with Gasteiger partial charge in [0.15, 0.2) is 0 Å². The van der Waals surface area contributed by atoms with Crippen molar-refractivity contribution in [2.45, 2.75) is 6.42 Å². The SMILES string of the molecule is Cn1cc(CCNCC(=O)Nc2ccccc2F)cn1. The second-order valence-corrected chi connectivity index (χ2v) is 4.48. The van der Waals surface area contributed by atoms with Crippen molar-refractivity contribution >= 4 is 11.6 Å². The molecule has 1 aromatic carbocycles. The van der Waals surface area contributed by atoms with Crippen LogP contribution in [0.3, 0.4) is 0 Å². The van der Waals surface area contributed by atoms with Gasteiger partial charge in [-0.1, -0.05) is 12.1 Å². The largest absolute Gasteiger partial charge is 0.322 e. The summed E-state index contributed by atoms with van der Waals surface area (Å²) < 4.78 is 15.1. The van der Waals surface area contributed by atoms with E-state index in [2.05, 4.69) is 15.7 Å². The monoisotopic (exact) mass is 276 g/mol. The average Bonchev–Trinajstić information content (AvgIpc) is 2.83. The molecule has 0 spiro atoms. The van der Waals surface area contributed by atoms with Crippen LogP contribution in [-0.4, -0.2) is 28.8 Å². The second-order valence-electron chi connectivity index (χ2n) is 4.48. The number of amides is 1. The molecule has 2 N–H and O–H groups in total. The number of anilines is 1. The van der Waals surface area contributed by atoms with Gasteiger partial charge in [-0.25, -0.2) is 4.39 Å². The quantitative estimate of drug-likeness (QED) is 0.783. The summed E-state index contributed by atoms with van der Waals surface area (Å²) in [6.45, 7) is 0.810. The van der Waals surface area contributed by atoms with Crippen LogP contribution >= 0.6 is 0 Å². The first-order chi connectivity index (χ1) is 9.65. The smallest absolute Gasteiger partial charge is 0.238 e. The van der Waals surface area contributed by atoms with E-state index in [-0.39, 0.29) is 18.1 Å². The highest BCUT2D eigenvalue weighted by Crippen LogP contribution is 2.11. The van der Waals surface area contributed by atoms with Gasteiger partial charge in [-0.3, -0.25) is 9.48 Å². The van der Waals surface area contributed by atoms with Gasteiger partial charge in [-0.2, -0.15) is 5.10 Å². The Morgan fingerprint density at radius 2 is 2.20 bits per heavy atom. The summed E-state index contributed by atoms with van der Waals surface area (Å²) in [5.74, 6) is -0.697. The van der Waals surface area contributed by atoms with E-state index in [1.54, 1.807) is 23.0 Å². The summed E-state index contributed by atoms with van der Waals surface area (Å²) in [5, 5.41) is 9.60. The molecule has 0 aliphatic rings. The van der Waals surface area contributed by atoms with Gasteiger partial charge in [0.1, 0.15) is 5.82 Å². The number of hydrogen-bond donors (Lipinski definition) is 2. The lowest BCUT2D eigenvalue weighted by Crippen LogP contribution is -2.29. The van der Waals surface area contributed by atoms with Crippen LogP contribution in [0, 0.1) is 5.82 Å². The first-order valence-electron chi connectivity index (χ1n) is 6.38. The van der Waals surface area contributed by atoms with Crippen LogP contribution in [0.1, 0.15) is 5.56 Å². The molecule has 0 saturated carbocycles. The summed E-state index contributed by atoms with van der Waals surface area (Å²) in [5.41, 5.74) is 1.31. The third-order valence-corrected chi connectivity index (χ3v) is 2.78. The number of rotatable bonds is 6. The lowest BCUT2D eigenvalue weighted by Gasteiger charge is -2.07. The van der Waals surface area contributed by atoms with Crippen LogP contribution in [0.2, 0.25) is 0 Å². The summed E-state index contributed by atoms with van der Waals surface area (Å²) in [7, 11) is 1.86. The molecule has 106 valence electrons. The number of para-hydroxylation sites is 1. The maximum absolute atomic E-state index is 13.3. The molecule has 2 rings (SSSR count). The Morgan fingerprint density at radius 3 is 2.90 bits per heavy atom.